The third kappa shape index (κ3) is 5.05. The Balaban J connectivity index is 2.39. The molecule has 0 fully saturated rings. The Morgan fingerprint density at radius 2 is 1.79 bits per heavy atom. The number of carboxylic acid groups (broad SMARTS) is 1. The fraction of sp³-hybridized carbons (Fsp3) is 0.450. The van der Waals surface area contributed by atoms with E-state index in [1.54, 1.807) is 12.1 Å². The van der Waals surface area contributed by atoms with Crippen molar-refractivity contribution < 1.29 is 19.4 Å². The highest BCUT2D eigenvalue weighted by Crippen LogP contribution is 2.27. The zero-order chi connectivity index (χ0) is 21.6. The molecule has 2 N–H and O–H groups in total. The van der Waals surface area contributed by atoms with Crippen LogP contribution in [0, 0.1) is 0 Å². The second kappa shape index (κ2) is 9.92. The topological polar surface area (TPSA) is 114 Å². The van der Waals surface area contributed by atoms with Gasteiger partial charge in [0.15, 0.2) is 11.5 Å². The molecule has 0 aliphatic heterocycles. The van der Waals surface area contributed by atoms with Crippen LogP contribution in [0.4, 0.5) is 0 Å². The summed E-state index contributed by atoms with van der Waals surface area (Å²) in [7, 11) is 3.07. The Morgan fingerprint density at radius 1 is 1.14 bits per heavy atom. The van der Waals surface area contributed by atoms with E-state index in [0.29, 0.717) is 31.0 Å². The van der Waals surface area contributed by atoms with Gasteiger partial charge in [0.05, 0.1) is 19.8 Å². The van der Waals surface area contributed by atoms with Gasteiger partial charge in [-0.15, -0.1) is 0 Å². The normalized spacial score (nSPS) is 10.9. The third-order valence-corrected chi connectivity index (χ3v) is 4.84. The highest BCUT2D eigenvalue weighted by Gasteiger charge is 2.20. The molecule has 9 heteroatoms. The van der Waals surface area contributed by atoms with Crippen molar-refractivity contribution in [2.75, 3.05) is 27.3 Å². The van der Waals surface area contributed by atoms with E-state index in [2.05, 4.69) is 4.98 Å². The van der Waals surface area contributed by atoms with Crippen LogP contribution in [0.5, 0.6) is 11.5 Å². The molecule has 0 amide bonds. The first-order valence-corrected chi connectivity index (χ1v) is 9.38. The zero-order valence-electron chi connectivity index (χ0n) is 17.2. The van der Waals surface area contributed by atoms with Crippen LogP contribution in [-0.4, -0.2) is 52.8 Å². The van der Waals surface area contributed by atoms with Gasteiger partial charge in [-0.2, -0.15) is 0 Å². The van der Waals surface area contributed by atoms with Gasteiger partial charge in [-0.25, -0.2) is 9.59 Å². The minimum atomic E-state index is -1.33. The predicted octanol–water partition coefficient (Wildman–Crippen LogP) is 1.34. The number of aromatic carboxylic acids is 1. The lowest BCUT2D eigenvalue weighted by molar-refractivity contribution is 0.0686. The molecular weight excluding hydrogens is 378 g/mol. The average Bonchev–Trinajstić information content (AvgIpc) is 2.72. The largest absolute Gasteiger partial charge is 0.493 e. The Bertz CT molecular complexity index is 975. The smallest absolute Gasteiger partial charge is 0.352 e. The summed E-state index contributed by atoms with van der Waals surface area (Å²) in [5, 5.41) is 9.42. The molecule has 0 aliphatic carbocycles. The van der Waals surface area contributed by atoms with Crippen molar-refractivity contribution in [2.24, 2.45) is 0 Å². The Labute approximate surface area is 168 Å². The predicted molar refractivity (Wildman–Crippen MR) is 108 cm³/mol. The summed E-state index contributed by atoms with van der Waals surface area (Å²) in [4.78, 5) is 41.1. The summed E-state index contributed by atoms with van der Waals surface area (Å²) >= 11 is 0. The Hall–Kier alpha value is -3.07. The number of H-pyrrole nitrogens is 1. The molecule has 0 atom stereocenters. The van der Waals surface area contributed by atoms with Crippen LogP contribution in [0.3, 0.4) is 0 Å². The van der Waals surface area contributed by atoms with Crippen LogP contribution in [0.1, 0.15) is 35.5 Å². The lowest BCUT2D eigenvalue weighted by atomic mass is 10.1. The van der Waals surface area contributed by atoms with Gasteiger partial charge < -0.3 is 19.6 Å². The van der Waals surface area contributed by atoms with Crippen molar-refractivity contribution >= 4 is 5.97 Å². The molecule has 158 valence electrons. The number of aryl methyl sites for hydroxylation is 1. The molecule has 0 saturated heterocycles. The number of rotatable bonds is 10. The lowest BCUT2D eigenvalue weighted by Crippen LogP contribution is -2.41. The molecule has 1 aromatic heterocycles. The number of nitrogens with zero attached hydrogens (tertiary/aromatic N) is 2. The summed E-state index contributed by atoms with van der Waals surface area (Å²) < 4.78 is 11.5. The molecule has 0 spiro atoms. The highest BCUT2D eigenvalue weighted by atomic mass is 16.5. The maximum absolute atomic E-state index is 12.9. The van der Waals surface area contributed by atoms with Gasteiger partial charge in [-0.3, -0.25) is 14.3 Å². The van der Waals surface area contributed by atoms with Gasteiger partial charge in [-0.05, 0) is 37.2 Å². The SMILES string of the molecule is CCN(CC)Cc1c(C(=O)O)[nH]c(=O)n(CCc2ccc(OC)c(OC)c2)c1=O. The molecule has 0 bridgehead atoms. The van der Waals surface area contributed by atoms with E-state index in [9.17, 15) is 19.5 Å². The van der Waals surface area contributed by atoms with Crippen molar-refractivity contribution in [1.82, 2.24) is 14.5 Å². The summed E-state index contributed by atoms with van der Waals surface area (Å²) in [5.74, 6) is -0.193. The number of aromatic amines is 1. The second-order valence-electron chi connectivity index (χ2n) is 6.45. The highest BCUT2D eigenvalue weighted by molar-refractivity contribution is 5.86. The maximum atomic E-state index is 12.9. The molecule has 0 aliphatic rings. The van der Waals surface area contributed by atoms with E-state index in [1.807, 2.05) is 24.8 Å². The van der Waals surface area contributed by atoms with Gasteiger partial charge >= 0.3 is 11.7 Å². The minimum Gasteiger partial charge on any atom is -0.493 e. The number of hydrogen-bond donors (Lipinski definition) is 2. The van der Waals surface area contributed by atoms with Crippen LogP contribution < -0.4 is 20.7 Å². The van der Waals surface area contributed by atoms with Crippen LogP contribution in [0.2, 0.25) is 0 Å². The third-order valence-electron chi connectivity index (χ3n) is 4.84. The van der Waals surface area contributed by atoms with Crippen LogP contribution in [0.15, 0.2) is 27.8 Å². The van der Waals surface area contributed by atoms with Crippen molar-refractivity contribution in [3.63, 3.8) is 0 Å². The van der Waals surface area contributed by atoms with Crippen LogP contribution in [0.25, 0.3) is 0 Å². The summed E-state index contributed by atoms with van der Waals surface area (Å²) in [6.07, 6.45) is 0.389. The van der Waals surface area contributed by atoms with Crippen molar-refractivity contribution in [1.29, 1.82) is 0 Å². The first kappa shape index (κ1) is 22.2. The lowest BCUT2D eigenvalue weighted by Gasteiger charge is -2.19. The molecule has 1 aromatic carbocycles. The number of benzene rings is 1. The summed E-state index contributed by atoms with van der Waals surface area (Å²) in [6.45, 7) is 5.41. The number of ether oxygens (including phenoxy) is 2. The van der Waals surface area contributed by atoms with Gasteiger partial charge in [-0.1, -0.05) is 19.9 Å². The monoisotopic (exact) mass is 405 g/mol. The van der Waals surface area contributed by atoms with Crippen molar-refractivity contribution in [3.05, 3.63) is 55.9 Å². The van der Waals surface area contributed by atoms with E-state index in [-0.39, 0.29) is 24.3 Å². The molecule has 2 rings (SSSR count). The molecule has 1 heterocycles. The molecule has 2 aromatic rings. The first-order valence-electron chi connectivity index (χ1n) is 9.38. The fourth-order valence-corrected chi connectivity index (χ4v) is 3.09. The number of carbonyl (C=O) groups is 1. The Kier molecular flexibility index (Phi) is 7.60. The van der Waals surface area contributed by atoms with Gasteiger partial charge in [0.25, 0.3) is 5.56 Å². The molecule has 29 heavy (non-hydrogen) atoms. The summed E-state index contributed by atoms with van der Waals surface area (Å²) in [5.41, 5.74) is -0.751. The van der Waals surface area contributed by atoms with Crippen molar-refractivity contribution in [2.45, 2.75) is 33.4 Å². The zero-order valence-corrected chi connectivity index (χ0v) is 17.2. The van der Waals surface area contributed by atoms with Crippen LogP contribution >= 0.6 is 0 Å². The van der Waals surface area contributed by atoms with E-state index in [4.69, 9.17) is 9.47 Å². The van der Waals surface area contributed by atoms with Crippen molar-refractivity contribution in [3.8, 4) is 11.5 Å². The van der Waals surface area contributed by atoms with Gasteiger partial charge in [0.1, 0.15) is 5.69 Å². The quantitative estimate of drug-likeness (QED) is 0.613. The fourth-order valence-electron chi connectivity index (χ4n) is 3.09. The molecule has 0 saturated carbocycles. The van der Waals surface area contributed by atoms with E-state index < -0.39 is 17.2 Å². The van der Waals surface area contributed by atoms with E-state index in [1.165, 1.54) is 14.2 Å². The number of methoxy groups -OCH3 is 2. The first-order chi connectivity index (χ1) is 13.9. The standard InChI is InChI=1S/C20H27N3O6/c1-5-22(6-2)12-14-17(19(25)26)21-20(27)23(18(14)24)10-9-13-7-8-15(28-3)16(11-13)29-4/h7-8,11H,5-6,9-10,12H2,1-4H3,(H,21,27)(H,25,26). The maximum Gasteiger partial charge on any atom is 0.352 e. The van der Waals surface area contributed by atoms with Crippen LogP contribution in [-0.2, 0) is 19.5 Å². The van der Waals surface area contributed by atoms with Gasteiger partial charge in [0.2, 0.25) is 0 Å². The average molecular weight is 405 g/mol. The molecule has 0 radical (unpaired) electrons. The van der Waals surface area contributed by atoms with E-state index in [0.717, 1.165) is 10.1 Å². The number of nitrogens with one attached hydrogen (secondary N) is 1. The van der Waals surface area contributed by atoms with E-state index >= 15 is 0 Å². The number of aromatic nitrogens is 2. The minimum absolute atomic E-state index is 0.0770. The van der Waals surface area contributed by atoms with Gasteiger partial charge in [0, 0.05) is 13.1 Å². The second-order valence-corrected chi connectivity index (χ2v) is 6.45. The molecular formula is C20H27N3O6. The number of hydrogen-bond acceptors (Lipinski definition) is 6. The molecule has 0 unspecified atom stereocenters. The summed E-state index contributed by atoms with van der Waals surface area (Å²) in [6, 6.07) is 5.35. The Morgan fingerprint density at radius 3 is 2.34 bits per heavy atom. The number of carboxylic acids is 1. The molecule has 9 nitrogen and oxygen atoms in total.